The molecule has 0 aliphatic carbocycles. The molecule has 104 valence electrons. The van der Waals surface area contributed by atoms with Crippen LogP contribution in [-0.4, -0.2) is 36.2 Å². The number of hydrogen-bond donors (Lipinski definition) is 1. The van der Waals surface area contributed by atoms with Gasteiger partial charge < -0.3 is 10.1 Å². The average molecular weight is 260 g/mol. The molecule has 0 amide bonds. The third kappa shape index (κ3) is 2.93. The molecule has 0 aromatic heterocycles. The number of anilines is 1. The van der Waals surface area contributed by atoms with Crippen LogP contribution in [0.5, 0.6) is 0 Å². The average Bonchev–Trinajstić information content (AvgIpc) is 2.73. The Hall–Kier alpha value is -1.06. The summed E-state index contributed by atoms with van der Waals surface area (Å²) in [6, 6.07) is 6.85. The summed E-state index contributed by atoms with van der Waals surface area (Å²) in [4.78, 5) is 2.51. The monoisotopic (exact) mass is 260 g/mol. The highest BCUT2D eigenvalue weighted by atomic mass is 16.5. The minimum absolute atomic E-state index is 0.0318. The molecule has 3 rings (SSSR count). The Morgan fingerprint density at radius 3 is 3.05 bits per heavy atom. The van der Waals surface area contributed by atoms with Gasteiger partial charge in [0.1, 0.15) is 0 Å². The predicted octanol–water partition coefficient (Wildman–Crippen LogP) is 2.65. The molecule has 0 saturated carbocycles. The van der Waals surface area contributed by atoms with E-state index in [0.717, 1.165) is 32.6 Å². The van der Waals surface area contributed by atoms with Crippen molar-refractivity contribution in [1.82, 2.24) is 4.90 Å². The maximum atomic E-state index is 5.96. The van der Waals surface area contributed by atoms with Gasteiger partial charge in [0.15, 0.2) is 0 Å². The fourth-order valence-electron chi connectivity index (χ4n) is 3.42. The highest BCUT2D eigenvalue weighted by Gasteiger charge is 2.31. The summed E-state index contributed by atoms with van der Waals surface area (Å²) in [7, 11) is 0. The van der Waals surface area contributed by atoms with Gasteiger partial charge >= 0.3 is 0 Å². The summed E-state index contributed by atoms with van der Waals surface area (Å²) in [5, 5.41) is 3.42. The molecule has 2 aliphatic heterocycles. The molecule has 19 heavy (non-hydrogen) atoms. The van der Waals surface area contributed by atoms with Gasteiger partial charge in [-0.25, -0.2) is 0 Å². The topological polar surface area (TPSA) is 24.5 Å². The van der Waals surface area contributed by atoms with Crippen LogP contribution in [-0.2, 0) is 17.7 Å². The van der Waals surface area contributed by atoms with Crippen molar-refractivity contribution >= 4 is 5.69 Å². The first kappa shape index (κ1) is 12.9. The lowest BCUT2D eigenvalue weighted by Gasteiger charge is -2.41. The first-order valence-corrected chi connectivity index (χ1v) is 7.28. The van der Waals surface area contributed by atoms with E-state index in [1.165, 1.54) is 16.8 Å². The Morgan fingerprint density at radius 1 is 1.42 bits per heavy atom. The van der Waals surface area contributed by atoms with E-state index >= 15 is 0 Å². The van der Waals surface area contributed by atoms with Gasteiger partial charge in [-0.05, 0) is 44.4 Å². The molecule has 1 atom stereocenters. The molecule has 3 heteroatoms. The largest absolute Gasteiger partial charge is 0.384 e. The minimum Gasteiger partial charge on any atom is -0.384 e. The summed E-state index contributed by atoms with van der Waals surface area (Å²) in [6.45, 7) is 10.7. The molecule has 2 heterocycles. The third-order valence-corrected chi connectivity index (χ3v) is 3.93. The minimum atomic E-state index is -0.0318. The van der Waals surface area contributed by atoms with E-state index in [1.807, 2.05) is 0 Å². The van der Waals surface area contributed by atoms with Crippen LogP contribution in [0.3, 0.4) is 0 Å². The highest BCUT2D eigenvalue weighted by molar-refractivity contribution is 5.56. The van der Waals surface area contributed by atoms with Gasteiger partial charge in [0.05, 0.1) is 11.7 Å². The first-order valence-electron chi connectivity index (χ1n) is 7.28. The van der Waals surface area contributed by atoms with Crippen molar-refractivity contribution < 1.29 is 4.74 Å². The second kappa shape index (κ2) is 4.80. The Balaban J connectivity index is 1.71. The number of fused-ring (bicyclic) bond motifs is 1. The first-order chi connectivity index (χ1) is 9.02. The summed E-state index contributed by atoms with van der Waals surface area (Å²) in [5.74, 6) is 0. The van der Waals surface area contributed by atoms with Crippen molar-refractivity contribution in [2.45, 2.75) is 45.4 Å². The lowest BCUT2D eigenvalue weighted by molar-refractivity contribution is -0.130. The number of benzene rings is 1. The molecule has 1 unspecified atom stereocenters. The third-order valence-electron chi connectivity index (χ3n) is 3.93. The maximum Gasteiger partial charge on any atom is 0.0757 e. The van der Waals surface area contributed by atoms with Crippen molar-refractivity contribution in [2.24, 2.45) is 0 Å². The van der Waals surface area contributed by atoms with E-state index in [0.29, 0.717) is 6.10 Å². The summed E-state index contributed by atoms with van der Waals surface area (Å²) >= 11 is 0. The van der Waals surface area contributed by atoms with Crippen LogP contribution in [0.25, 0.3) is 0 Å². The Labute approximate surface area is 115 Å². The molecule has 1 saturated heterocycles. The van der Waals surface area contributed by atoms with Gasteiger partial charge in [0.25, 0.3) is 0 Å². The lowest BCUT2D eigenvalue weighted by Crippen LogP contribution is -2.51. The second-order valence-electron chi connectivity index (χ2n) is 6.53. The number of morpholine rings is 1. The van der Waals surface area contributed by atoms with Crippen LogP contribution in [0, 0.1) is 0 Å². The zero-order valence-electron chi connectivity index (χ0n) is 12.2. The van der Waals surface area contributed by atoms with Gasteiger partial charge in [-0.1, -0.05) is 12.1 Å². The Morgan fingerprint density at radius 2 is 2.26 bits per heavy atom. The molecule has 2 aliphatic rings. The number of ether oxygens (including phenoxy) is 1. The van der Waals surface area contributed by atoms with Crippen molar-refractivity contribution in [3.8, 4) is 0 Å². The van der Waals surface area contributed by atoms with Crippen molar-refractivity contribution in [3.63, 3.8) is 0 Å². The van der Waals surface area contributed by atoms with E-state index in [2.05, 4.69) is 49.2 Å². The highest BCUT2D eigenvalue weighted by Crippen LogP contribution is 2.26. The number of rotatable bonds is 2. The van der Waals surface area contributed by atoms with E-state index < -0.39 is 0 Å². The number of nitrogens with one attached hydrogen (secondary N) is 1. The lowest BCUT2D eigenvalue weighted by atomic mass is 10.0. The van der Waals surface area contributed by atoms with Crippen molar-refractivity contribution in [2.75, 3.05) is 25.0 Å². The molecule has 1 N–H and O–H groups in total. The van der Waals surface area contributed by atoms with E-state index in [4.69, 9.17) is 4.74 Å². The van der Waals surface area contributed by atoms with Crippen LogP contribution in [0.4, 0.5) is 5.69 Å². The smallest absolute Gasteiger partial charge is 0.0757 e. The zero-order valence-corrected chi connectivity index (χ0v) is 12.2. The molecular formula is C16H24N2O. The van der Waals surface area contributed by atoms with Crippen LogP contribution in [0.15, 0.2) is 18.2 Å². The van der Waals surface area contributed by atoms with Gasteiger partial charge in [-0.15, -0.1) is 0 Å². The molecular weight excluding hydrogens is 236 g/mol. The van der Waals surface area contributed by atoms with Crippen LogP contribution in [0.2, 0.25) is 0 Å². The Kier molecular flexibility index (Phi) is 3.27. The van der Waals surface area contributed by atoms with Crippen molar-refractivity contribution in [1.29, 1.82) is 0 Å². The SMILES string of the molecule is CC1CN(Cc2ccc3c(c2)CCN3)CC(C)(C)O1. The van der Waals surface area contributed by atoms with Crippen LogP contribution in [0.1, 0.15) is 31.9 Å². The van der Waals surface area contributed by atoms with E-state index in [1.54, 1.807) is 0 Å². The zero-order chi connectivity index (χ0) is 13.5. The fourth-order valence-corrected chi connectivity index (χ4v) is 3.42. The molecule has 1 aromatic rings. The number of nitrogens with zero attached hydrogens (tertiary/aromatic N) is 1. The van der Waals surface area contributed by atoms with Crippen molar-refractivity contribution in [3.05, 3.63) is 29.3 Å². The molecule has 1 aromatic carbocycles. The van der Waals surface area contributed by atoms with Gasteiger partial charge in [0.2, 0.25) is 0 Å². The standard InChI is InChI=1S/C16H24N2O/c1-12-9-18(11-16(2,3)19-12)10-13-4-5-15-14(8-13)6-7-17-15/h4-5,8,12,17H,6-7,9-11H2,1-3H3. The molecule has 0 radical (unpaired) electrons. The molecule has 0 bridgehead atoms. The molecule has 0 spiro atoms. The summed E-state index contributed by atoms with van der Waals surface area (Å²) < 4.78 is 5.96. The summed E-state index contributed by atoms with van der Waals surface area (Å²) in [6.07, 6.45) is 1.48. The van der Waals surface area contributed by atoms with E-state index in [9.17, 15) is 0 Å². The van der Waals surface area contributed by atoms with Gasteiger partial charge in [-0.3, -0.25) is 4.90 Å². The number of hydrogen-bond acceptors (Lipinski definition) is 3. The predicted molar refractivity (Wildman–Crippen MR) is 78.5 cm³/mol. The second-order valence-corrected chi connectivity index (χ2v) is 6.53. The molecule has 1 fully saturated rings. The van der Waals surface area contributed by atoms with Gasteiger partial charge in [-0.2, -0.15) is 0 Å². The quantitative estimate of drug-likeness (QED) is 0.884. The maximum absolute atomic E-state index is 5.96. The van der Waals surface area contributed by atoms with Gasteiger partial charge in [0, 0.05) is 31.9 Å². The fraction of sp³-hybridized carbons (Fsp3) is 0.625. The Bertz CT molecular complexity index is 470. The van der Waals surface area contributed by atoms with Crippen LogP contribution < -0.4 is 5.32 Å². The van der Waals surface area contributed by atoms with Crippen LogP contribution >= 0.6 is 0 Å². The molecule has 3 nitrogen and oxygen atoms in total. The van der Waals surface area contributed by atoms with E-state index in [-0.39, 0.29) is 5.60 Å². The summed E-state index contributed by atoms with van der Waals surface area (Å²) in [5.41, 5.74) is 4.18. The normalized spacial score (nSPS) is 25.9.